The number of ether oxygens (including phenoxy) is 1. The Labute approximate surface area is 67.4 Å². The van der Waals surface area contributed by atoms with Crippen LogP contribution in [0.1, 0.15) is 13.3 Å². The van der Waals surface area contributed by atoms with Crippen molar-refractivity contribution in [2.24, 2.45) is 0 Å². The van der Waals surface area contributed by atoms with Gasteiger partial charge in [0.05, 0.1) is 0 Å². The van der Waals surface area contributed by atoms with Crippen LogP contribution in [0.5, 0.6) is 0 Å². The van der Waals surface area contributed by atoms with Crippen molar-refractivity contribution in [2.75, 3.05) is 20.3 Å². The number of rotatable bonds is 5. The minimum absolute atomic E-state index is 0.0245. The maximum Gasteiger partial charge on any atom is 0.217 e. The van der Waals surface area contributed by atoms with E-state index >= 15 is 0 Å². The molecule has 1 amide bonds. The molecule has 0 aliphatic carbocycles. The van der Waals surface area contributed by atoms with Crippen molar-refractivity contribution in [3.63, 3.8) is 0 Å². The van der Waals surface area contributed by atoms with Crippen LogP contribution in [0.25, 0.3) is 0 Å². The number of methoxy groups -OCH3 is 1. The average Bonchev–Trinajstić information content (AvgIpc) is 1.97. The lowest BCUT2D eigenvalue weighted by molar-refractivity contribution is -0.118. The molecule has 0 spiro atoms. The summed E-state index contributed by atoms with van der Waals surface area (Å²) in [7, 11) is 1.64. The lowest BCUT2D eigenvalue weighted by atomic mass is 10.2. The van der Waals surface area contributed by atoms with Gasteiger partial charge >= 0.3 is 0 Å². The molecule has 0 atom stereocenters. The van der Waals surface area contributed by atoms with E-state index in [0.717, 1.165) is 12.0 Å². The summed E-state index contributed by atoms with van der Waals surface area (Å²) in [5.74, 6) is -0.0245. The lowest BCUT2D eigenvalue weighted by Gasteiger charge is -2.04. The van der Waals surface area contributed by atoms with Crippen molar-refractivity contribution in [2.45, 2.75) is 13.3 Å². The Balaban J connectivity index is 3.30. The monoisotopic (exact) mass is 157 g/mol. The predicted octanol–water partition coefficient (Wildman–Crippen LogP) is 0.715. The fourth-order valence-corrected chi connectivity index (χ4v) is 0.584. The molecule has 0 unspecified atom stereocenters. The van der Waals surface area contributed by atoms with Gasteiger partial charge in [-0.05, 0) is 6.42 Å². The van der Waals surface area contributed by atoms with E-state index < -0.39 is 0 Å². The third kappa shape index (κ3) is 7.06. The van der Waals surface area contributed by atoms with Crippen LogP contribution >= 0.6 is 0 Å². The first-order valence-corrected chi connectivity index (χ1v) is 3.57. The van der Waals surface area contributed by atoms with Crippen LogP contribution in [0.3, 0.4) is 0 Å². The summed E-state index contributed by atoms with van der Waals surface area (Å²) in [5.41, 5.74) is 0.988. The number of hydrogen-bond donors (Lipinski definition) is 1. The Morgan fingerprint density at radius 2 is 2.27 bits per heavy atom. The van der Waals surface area contributed by atoms with E-state index in [-0.39, 0.29) is 5.91 Å². The molecule has 0 aliphatic heterocycles. The van der Waals surface area contributed by atoms with Crippen LogP contribution in [-0.2, 0) is 9.53 Å². The molecule has 0 aromatic carbocycles. The first-order chi connectivity index (χ1) is 5.16. The molecular formula is C8H15NO2. The van der Waals surface area contributed by atoms with Crippen molar-refractivity contribution in [3.05, 3.63) is 12.2 Å². The average molecular weight is 157 g/mol. The molecule has 0 bridgehead atoms. The molecule has 0 radical (unpaired) electrons. The van der Waals surface area contributed by atoms with Crippen LogP contribution < -0.4 is 5.32 Å². The molecule has 3 nitrogen and oxygen atoms in total. The second-order valence-electron chi connectivity index (χ2n) is 2.40. The van der Waals surface area contributed by atoms with Crippen LogP contribution in [0.4, 0.5) is 0 Å². The summed E-state index contributed by atoms with van der Waals surface area (Å²) in [6.45, 7) is 6.48. The molecule has 0 rings (SSSR count). The van der Waals surface area contributed by atoms with E-state index in [4.69, 9.17) is 4.74 Å². The lowest BCUT2D eigenvalue weighted by Crippen LogP contribution is -2.22. The zero-order valence-electron chi connectivity index (χ0n) is 7.14. The number of carbonyl (C=O) groups is 1. The second-order valence-corrected chi connectivity index (χ2v) is 2.40. The quantitative estimate of drug-likeness (QED) is 0.597. The minimum Gasteiger partial charge on any atom is -0.384 e. The predicted molar refractivity (Wildman–Crippen MR) is 44.3 cm³/mol. The molecule has 0 aromatic heterocycles. The van der Waals surface area contributed by atoms with Gasteiger partial charge in [-0.1, -0.05) is 12.2 Å². The largest absolute Gasteiger partial charge is 0.384 e. The maximum absolute atomic E-state index is 10.4. The van der Waals surface area contributed by atoms with E-state index in [1.807, 2.05) is 0 Å². The Bertz CT molecular complexity index is 143. The van der Waals surface area contributed by atoms with E-state index in [9.17, 15) is 4.79 Å². The molecule has 0 saturated carbocycles. The molecule has 0 saturated heterocycles. The van der Waals surface area contributed by atoms with E-state index in [0.29, 0.717) is 13.2 Å². The van der Waals surface area contributed by atoms with Gasteiger partial charge in [0.25, 0.3) is 0 Å². The highest BCUT2D eigenvalue weighted by Crippen LogP contribution is 1.94. The Morgan fingerprint density at radius 3 is 2.73 bits per heavy atom. The van der Waals surface area contributed by atoms with E-state index in [1.54, 1.807) is 7.11 Å². The van der Waals surface area contributed by atoms with Crippen LogP contribution in [0.15, 0.2) is 12.2 Å². The highest BCUT2D eigenvalue weighted by atomic mass is 16.5. The van der Waals surface area contributed by atoms with E-state index in [2.05, 4.69) is 11.9 Å². The molecule has 64 valence electrons. The highest BCUT2D eigenvalue weighted by Gasteiger charge is 1.94. The smallest absolute Gasteiger partial charge is 0.217 e. The van der Waals surface area contributed by atoms with Crippen molar-refractivity contribution < 1.29 is 9.53 Å². The molecule has 1 N–H and O–H groups in total. The van der Waals surface area contributed by atoms with Gasteiger partial charge in [0.2, 0.25) is 5.91 Å². The van der Waals surface area contributed by atoms with Crippen molar-refractivity contribution in [1.29, 1.82) is 0 Å². The number of carbonyl (C=O) groups excluding carboxylic acids is 1. The third-order valence-electron chi connectivity index (χ3n) is 1.25. The maximum atomic E-state index is 10.4. The van der Waals surface area contributed by atoms with Gasteiger partial charge in [-0.15, -0.1) is 0 Å². The standard InChI is InChI=1S/C8H15NO2/c1-7(4-5-11-3)6-9-8(2)10/h1,4-6H2,2-3H3,(H,9,10). The number of amides is 1. The first-order valence-electron chi connectivity index (χ1n) is 3.57. The summed E-state index contributed by atoms with van der Waals surface area (Å²) in [6, 6.07) is 0. The zero-order valence-corrected chi connectivity index (χ0v) is 7.14. The second kappa shape index (κ2) is 5.92. The SMILES string of the molecule is C=C(CCOC)CNC(C)=O. The van der Waals surface area contributed by atoms with Gasteiger partial charge < -0.3 is 10.1 Å². The summed E-state index contributed by atoms with van der Waals surface area (Å²) in [4.78, 5) is 10.4. The fourth-order valence-electron chi connectivity index (χ4n) is 0.584. The van der Waals surface area contributed by atoms with Gasteiger partial charge in [0, 0.05) is 27.2 Å². The van der Waals surface area contributed by atoms with Gasteiger partial charge in [-0.3, -0.25) is 4.79 Å². The topological polar surface area (TPSA) is 38.3 Å². The summed E-state index contributed by atoms with van der Waals surface area (Å²) >= 11 is 0. The molecular weight excluding hydrogens is 142 g/mol. The van der Waals surface area contributed by atoms with Crippen molar-refractivity contribution >= 4 is 5.91 Å². The fraction of sp³-hybridized carbons (Fsp3) is 0.625. The van der Waals surface area contributed by atoms with Gasteiger partial charge in [0.15, 0.2) is 0 Å². The minimum atomic E-state index is -0.0245. The molecule has 3 heteroatoms. The Hall–Kier alpha value is -0.830. The molecule has 11 heavy (non-hydrogen) atoms. The van der Waals surface area contributed by atoms with Crippen LogP contribution in [0.2, 0.25) is 0 Å². The summed E-state index contributed by atoms with van der Waals surface area (Å²) in [6.07, 6.45) is 0.802. The highest BCUT2D eigenvalue weighted by molar-refractivity contribution is 5.73. The molecule has 0 aliphatic rings. The normalized spacial score (nSPS) is 9.27. The molecule has 0 fully saturated rings. The Kier molecular flexibility index (Phi) is 5.47. The number of nitrogens with one attached hydrogen (secondary N) is 1. The van der Waals surface area contributed by atoms with Crippen LogP contribution in [0, 0.1) is 0 Å². The van der Waals surface area contributed by atoms with Crippen LogP contribution in [-0.4, -0.2) is 26.2 Å². The summed E-state index contributed by atoms with van der Waals surface area (Å²) in [5, 5.41) is 2.66. The summed E-state index contributed by atoms with van der Waals surface area (Å²) < 4.78 is 4.85. The first kappa shape index (κ1) is 10.2. The van der Waals surface area contributed by atoms with Gasteiger partial charge in [-0.25, -0.2) is 0 Å². The third-order valence-corrected chi connectivity index (χ3v) is 1.25. The van der Waals surface area contributed by atoms with Crippen molar-refractivity contribution in [1.82, 2.24) is 5.32 Å². The van der Waals surface area contributed by atoms with Gasteiger partial charge in [0.1, 0.15) is 0 Å². The molecule has 0 aromatic rings. The Morgan fingerprint density at radius 1 is 1.64 bits per heavy atom. The molecule has 0 heterocycles. The zero-order chi connectivity index (χ0) is 8.69. The van der Waals surface area contributed by atoms with E-state index in [1.165, 1.54) is 6.92 Å². The van der Waals surface area contributed by atoms with Gasteiger partial charge in [-0.2, -0.15) is 0 Å². The number of hydrogen-bond acceptors (Lipinski definition) is 2. The van der Waals surface area contributed by atoms with Crippen molar-refractivity contribution in [3.8, 4) is 0 Å².